The molecular formula is C30H29FN6O3. The van der Waals surface area contributed by atoms with Gasteiger partial charge in [-0.3, -0.25) is 9.59 Å². The van der Waals surface area contributed by atoms with Gasteiger partial charge in [0.1, 0.15) is 18.1 Å². The van der Waals surface area contributed by atoms with Crippen LogP contribution in [-0.4, -0.2) is 58.5 Å². The second-order valence-electron chi connectivity index (χ2n) is 9.95. The van der Waals surface area contributed by atoms with Crippen LogP contribution in [0.1, 0.15) is 23.1 Å². The first-order chi connectivity index (χ1) is 19.4. The highest BCUT2D eigenvalue weighted by atomic mass is 19.1. The fourth-order valence-electron chi connectivity index (χ4n) is 5.50. The average Bonchev–Trinajstić information content (AvgIpc) is 3.33. The van der Waals surface area contributed by atoms with E-state index in [1.54, 1.807) is 16.7 Å². The maximum atomic E-state index is 13.4. The zero-order chi connectivity index (χ0) is 27.8. The molecule has 2 aliphatic heterocycles. The Kier molecular flexibility index (Phi) is 6.67. The van der Waals surface area contributed by atoms with Gasteiger partial charge in [-0.1, -0.05) is 37.3 Å². The number of aromatic nitrogens is 3. The van der Waals surface area contributed by atoms with Crippen molar-refractivity contribution in [2.24, 2.45) is 7.05 Å². The number of aryl methyl sites for hydroxylation is 1. The Bertz CT molecular complexity index is 1570. The van der Waals surface area contributed by atoms with Gasteiger partial charge in [0.05, 0.1) is 24.1 Å². The van der Waals surface area contributed by atoms with Crippen LogP contribution in [-0.2, 0) is 18.3 Å². The largest absolute Gasteiger partial charge is 0.489 e. The summed E-state index contributed by atoms with van der Waals surface area (Å²) in [6.07, 6.45) is 3.08. The Morgan fingerprint density at radius 1 is 1.07 bits per heavy atom. The van der Waals surface area contributed by atoms with Crippen molar-refractivity contribution in [3.05, 3.63) is 84.2 Å². The summed E-state index contributed by atoms with van der Waals surface area (Å²) < 4.78 is 21.1. The smallest absolute Gasteiger partial charge is 0.298 e. The van der Waals surface area contributed by atoms with E-state index in [0.29, 0.717) is 49.3 Å². The molecule has 6 rings (SSSR count). The molecule has 0 spiro atoms. The number of fused-ring (bicyclic) bond motifs is 3. The van der Waals surface area contributed by atoms with Crippen LogP contribution in [0.3, 0.4) is 0 Å². The highest BCUT2D eigenvalue weighted by Gasteiger charge is 2.34. The number of nitrogens with zero attached hydrogens (tertiary/aromatic N) is 5. The van der Waals surface area contributed by atoms with Crippen LogP contribution < -0.4 is 19.9 Å². The topological polar surface area (TPSA) is 92.6 Å². The highest BCUT2D eigenvalue weighted by Crippen LogP contribution is 2.38. The Morgan fingerprint density at radius 3 is 2.60 bits per heavy atom. The van der Waals surface area contributed by atoms with Crippen LogP contribution in [0.5, 0.6) is 5.75 Å². The molecule has 0 radical (unpaired) electrons. The van der Waals surface area contributed by atoms with Gasteiger partial charge in [0.25, 0.3) is 11.7 Å². The van der Waals surface area contributed by atoms with E-state index in [4.69, 9.17) is 4.74 Å². The summed E-state index contributed by atoms with van der Waals surface area (Å²) in [6, 6.07) is 17.1. The molecule has 2 aliphatic rings. The summed E-state index contributed by atoms with van der Waals surface area (Å²) in [6.45, 7) is 4.48. The molecule has 1 fully saturated rings. The van der Waals surface area contributed by atoms with Crippen LogP contribution in [0.4, 0.5) is 21.7 Å². The summed E-state index contributed by atoms with van der Waals surface area (Å²) in [5.74, 6) is -0.631. The van der Waals surface area contributed by atoms with Crippen molar-refractivity contribution in [3.8, 4) is 16.9 Å². The molecule has 40 heavy (non-hydrogen) atoms. The number of hydrogen-bond donors (Lipinski definition) is 1. The molecule has 0 unspecified atom stereocenters. The lowest BCUT2D eigenvalue weighted by Gasteiger charge is -2.45. The van der Waals surface area contributed by atoms with Crippen molar-refractivity contribution in [1.29, 1.82) is 0 Å². The first-order valence-corrected chi connectivity index (χ1v) is 13.3. The number of amides is 1. The molecule has 2 aromatic heterocycles. The molecule has 0 bridgehead atoms. The quantitative estimate of drug-likeness (QED) is 0.291. The van der Waals surface area contributed by atoms with Crippen molar-refractivity contribution in [2.75, 3.05) is 41.4 Å². The summed E-state index contributed by atoms with van der Waals surface area (Å²) >= 11 is 0. The number of piperazine rings is 1. The number of Topliss-reactive ketones (excluding diaryl/α,β-unsaturated/α-hetero) is 1. The molecule has 1 atom stereocenters. The van der Waals surface area contributed by atoms with E-state index >= 15 is 0 Å². The standard InChI is InChI=1S/C30H29FN6O3/c1-3-22-14-24(19-7-5-4-6-8-19)27(35(22)2)28(38)29(39)34-21-9-10-25-26(13-21)40-18-23-17-36(11-12-37(23)25)30-32-15-20(31)16-33-30/h4-10,13-16,23H,3,11-12,17-18H2,1-2H3,(H,34,39)/t23-/m0/s1. The molecule has 10 heteroatoms. The summed E-state index contributed by atoms with van der Waals surface area (Å²) in [4.78, 5) is 39.1. The van der Waals surface area contributed by atoms with Gasteiger partial charge in [0.15, 0.2) is 5.82 Å². The number of anilines is 3. The minimum Gasteiger partial charge on any atom is -0.489 e. The van der Waals surface area contributed by atoms with E-state index in [0.717, 1.165) is 28.9 Å². The van der Waals surface area contributed by atoms with E-state index in [1.807, 2.05) is 61.3 Å². The van der Waals surface area contributed by atoms with E-state index < -0.39 is 17.5 Å². The molecular weight excluding hydrogens is 511 g/mol. The molecule has 204 valence electrons. The van der Waals surface area contributed by atoms with Crippen molar-refractivity contribution >= 4 is 29.0 Å². The van der Waals surface area contributed by atoms with Crippen LogP contribution in [0.25, 0.3) is 11.1 Å². The maximum absolute atomic E-state index is 13.4. The first kappa shape index (κ1) is 25.5. The normalized spacial score (nSPS) is 16.1. The van der Waals surface area contributed by atoms with Crippen molar-refractivity contribution in [2.45, 2.75) is 19.4 Å². The van der Waals surface area contributed by atoms with E-state index in [1.165, 1.54) is 12.4 Å². The number of rotatable bonds is 6. The number of carbonyl (C=O) groups is 2. The molecule has 1 amide bonds. The van der Waals surface area contributed by atoms with Gasteiger partial charge in [-0.25, -0.2) is 14.4 Å². The molecule has 1 N–H and O–H groups in total. The Hall–Kier alpha value is -4.73. The second kappa shape index (κ2) is 10.4. The van der Waals surface area contributed by atoms with Gasteiger partial charge < -0.3 is 24.4 Å². The van der Waals surface area contributed by atoms with Crippen molar-refractivity contribution in [1.82, 2.24) is 14.5 Å². The SMILES string of the molecule is CCc1cc(-c2ccccc2)c(C(=O)C(=O)Nc2ccc3c(c2)OC[C@@H]2CN(c4ncc(F)cn4)CCN32)n1C. The molecule has 2 aromatic carbocycles. The van der Waals surface area contributed by atoms with Crippen LogP contribution in [0.15, 0.2) is 67.0 Å². The minimum absolute atomic E-state index is 0.0680. The second-order valence-corrected chi connectivity index (χ2v) is 9.95. The summed E-state index contributed by atoms with van der Waals surface area (Å²) in [5, 5.41) is 2.77. The van der Waals surface area contributed by atoms with Crippen LogP contribution in [0, 0.1) is 5.82 Å². The third-order valence-corrected chi connectivity index (χ3v) is 7.53. The number of carbonyl (C=O) groups excluding carboxylic acids is 2. The zero-order valence-electron chi connectivity index (χ0n) is 22.3. The number of ether oxygens (including phenoxy) is 1. The lowest BCUT2D eigenvalue weighted by Crippen LogP contribution is -2.57. The van der Waals surface area contributed by atoms with Gasteiger partial charge >= 0.3 is 0 Å². The summed E-state index contributed by atoms with van der Waals surface area (Å²) in [5.41, 5.74) is 4.36. The van der Waals surface area contributed by atoms with Gasteiger partial charge in [-0.05, 0) is 30.2 Å². The molecule has 0 aliphatic carbocycles. The van der Waals surface area contributed by atoms with E-state index in [2.05, 4.69) is 20.2 Å². The monoisotopic (exact) mass is 540 g/mol. The number of halogens is 1. The number of benzene rings is 2. The van der Waals surface area contributed by atoms with Crippen LogP contribution in [0.2, 0.25) is 0 Å². The van der Waals surface area contributed by atoms with Crippen LogP contribution >= 0.6 is 0 Å². The number of nitrogens with one attached hydrogen (secondary N) is 1. The molecule has 0 saturated carbocycles. The molecule has 9 nitrogen and oxygen atoms in total. The number of hydrogen-bond acceptors (Lipinski definition) is 7. The fraction of sp³-hybridized carbons (Fsp3) is 0.267. The third-order valence-electron chi connectivity index (χ3n) is 7.53. The number of ketones is 1. The van der Waals surface area contributed by atoms with E-state index in [9.17, 15) is 14.0 Å². The van der Waals surface area contributed by atoms with Gasteiger partial charge in [0, 0.05) is 49.7 Å². The lowest BCUT2D eigenvalue weighted by molar-refractivity contribution is -0.112. The Labute approximate surface area is 231 Å². The first-order valence-electron chi connectivity index (χ1n) is 13.3. The van der Waals surface area contributed by atoms with E-state index in [-0.39, 0.29) is 6.04 Å². The highest BCUT2D eigenvalue weighted by molar-refractivity contribution is 6.47. The molecule has 4 aromatic rings. The van der Waals surface area contributed by atoms with Crippen molar-refractivity contribution in [3.63, 3.8) is 0 Å². The predicted octanol–water partition coefficient (Wildman–Crippen LogP) is 4.09. The maximum Gasteiger partial charge on any atom is 0.298 e. The van der Waals surface area contributed by atoms with Gasteiger partial charge in [0.2, 0.25) is 5.95 Å². The van der Waals surface area contributed by atoms with Crippen molar-refractivity contribution < 1.29 is 18.7 Å². The molecule has 4 heterocycles. The molecule has 1 saturated heterocycles. The summed E-state index contributed by atoms with van der Waals surface area (Å²) in [7, 11) is 1.82. The lowest BCUT2D eigenvalue weighted by atomic mass is 10.0. The third kappa shape index (κ3) is 4.66. The minimum atomic E-state index is -0.706. The Morgan fingerprint density at radius 2 is 1.85 bits per heavy atom. The fourth-order valence-corrected chi connectivity index (χ4v) is 5.50. The average molecular weight is 541 g/mol. The van der Waals surface area contributed by atoms with Gasteiger partial charge in [-0.2, -0.15) is 0 Å². The zero-order valence-corrected chi connectivity index (χ0v) is 22.3. The Balaban J connectivity index is 1.18. The van der Waals surface area contributed by atoms with Gasteiger partial charge in [-0.15, -0.1) is 0 Å². The predicted molar refractivity (Wildman–Crippen MR) is 150 cm³/mol.